The normalized spacial score (nSPS) is 16.8. The van der Waals surface area contributed by atoms with Crippen LogP contribution in [0.15, 0.2) is 58.7 Å². The van der Waals surface area contributed by atoms with Gasteiger partial charge in [-0.25, -0.2) is 0 Å². The van der Waals surface area contributed by atoms with Gasteiger partial charge in [-0.15, -0.1) is 21.5 Å². The number of hydrogen-bond donors (Lipinski definition) is 1. The molecule has 1 aliphatic rings. The largest absolute Gasteiger partial charge is 0.335 e. The summed E-state index contributed by atoms with van der Waals surface area (Å²) in [5, 5.41) is 10.5. The Kier molecular flexibility index (Phi) is 5.46. The maximum atomic E-state index is 13.7. The van der Waals surface area contributed by atoms with Gasteiger partial charge in [0.15, 0.2) is 5.82 Å². The van der Waals surface area contributed by atoms with Gasteiger partial charge in [-0.3, -0.25) is 18.9 Å². The first kappa shape index (κ1) is 22.6. The molecule has 1 aliphatic heterocycles. The number of hydrogen-bond acceptors (Lipinski definition) is 6. The van der Waals surface area contributed by atoms with Crippen molar-refractivity contribution >= 4 is 33.9 Å². The molecule has 6 rings (SSSR count). The molecule has 182 valence electrons. The molecule has 9 heteroatoms. The number of nitrogens with zero attached hydrogens (tertiary/aromatic N) is 5. The highest BCUT2D eigenvalue weighted by atomic mass is 32.1. The molecule has 8 nitrogen and oxygen atoms in total. The molecule has 36 heavy (non-hydrogen) atoms. The fraction of sp³-hybridized carbons (Fsp3) is 0.259. The molecule has 1 fully saturated rings. The summed E-state index contributed by atoms with van der Waals surface area (Å²) in [6.45, 7) is 6.01. The van der Waals surface area contributed by atoms with Crippen molar-refractivity contribution in [3.63, 3.8) is 0 Å². The van der Waals surface area contributed by atoms with Gasteiger partial charge in [-0.05, 0) is 61.2 Å². The van der Waals surface area contributed by atoms with Crippen molar-refractivity contribution in [3.8, 4) is 10.7 Å². The Bertz CT molecular complexity index is 1670. The number of fused-ring (bicyclic) bond motifs is 3. The number of aryl methyl sites for hydroxylation is 2. The zero-order chi connectivity index (χ0) is 25.0. The Balaban J connectivity index is 1.42. The van der Waals surface area contributed by atoms with Crippen molar-refractivity contribution in [3.05, 3.63) is 86.5 Å². The molecule has 1 saturated heterocycles. The van der Waals surface area contributed by atoms with Gasteiger partial charge in [0.1, 0.15) is 0 Å². The summed E-state index contributed by atoms with van der Waals surface area (Å²) in [6, 6.07) is 16.2. The molecule has 2 aromatic carbocycles. The molecular weight excluding hydrogens is 472 g/mol. The van der Waals surface area contributed by atoms with Crippen LogP contribution in [0.25, 0.3) is 27.4 Å². The Labute approximate surface area is 211 Å². The number of carbonyl (C=O) groups is 1. The van der Waals surface area contributed by atoms with Gasteiger partial charge < -0.3 is 9.88 Å². The van der Waals surface area contributed by atoms with Crippen LogP contribution >= 0.6 is 11.3 Å². The Morgan fingerprint density at radius 3 is 2.61 bits per heavy atom. The number of nitrogens with one attached hydrogen (secondary N) is 1. The van der Waals surface area contributed by atoms with Crippen LogP contribution in [-0.2, 0) is 0 Å². The molecule has 1 atom stereocenters. The van der Waals surface area contributed by atoms with E-state index >= 15 is 0 Å². The van der Waals surface area contributed by atoms with E-state index in [4.69, 9.17) is 0 Å². The first-order valence-corrected chi connectivity index (χ1v) is 12.8. The number of H-pyrrole nitrogens is 1. The van der Waals surface area contributed by atoms with Crippen LogP contribution in [0.2, 0.25) is 0 Å². The lowest BCUT2D eigenvalue weighted by atomic mass is 10.0. The van der Waals surface area contributed by atoms with Crippen LogP contribution in [0.5, 0.6) is 0 Å². The van der Waals surface area contributed by atoms with E-state index in [1.807, 2.05) is 54.5 Å². The first-order chi connectivity index (χ1) is 17.4. The van der Waals surface area contributed by atoms with E-state index in [-0.39, 0.29) is 23.2 Å². The summed E-state index contributed by atoms with van der Waals surface area (Å²) in [6.07, 6.45) is 0. The fourth-order valence-electron chi connectivity index (χ4n) is 5.06. The number of aromatic amines is 1. The topological polar surface area (TPSA) is 86.6 Å². The fourth-order valence-corrected chi connectivity index (χ4v) is 5.96. The average molecular weight is 499 g/mol. The van der Waals surface area contributed by atoms with Crippen molar-refractivity contribution in [2.24, 2.45) is 0 Å². The number of thiophene rings is 1. The minimum absolute atomic E-state index is 0.0255. The average Bonchev–Trinajstić information content (AvgIpc) is 3.51. The van der Waals surface area contributed by atoms with E-state index in [1.54, 1.807) is 21.8 Å². The molecule has 0 saturated carbocycles. The summed E-state index contributed by atoms with van der Waals surface area (Å²) in [7, 11) is 2.10. The molecule has 5 aromatic rings. The monoisotopic (exact) mass is 498 g/mol. The lowest BCUT2D eigenvalue weighted by Crippen LogP contribution is -2.49. The minimum Gasteiger partial charge on any atom is -0.335 e. The number of rotatable bonds is 3. The maximum Gasteiger partial charge on any atom is 0.294 e. The summed E-state index contributed by atoms with van der Waals surface area (Å²) >= 11 is 1.57. The van der Waals surface area contributed by atoms with E-state index in [9.17, 15) is 9.59 Å². The third-order valence-corrected chi connectivity index (χ3v) is 8.13. The van der Waals surface area contributed by atoms with Gasteiger partial charge in [0.25, 0.3) is 11.5 Å². The van der Waals surface area contributed by atoms with Crippen molar-refractivity contribution in [2.45, 2.75) is 19.9 Å². The van der Waals surface area contributed by atoms with E-state index in [0.29, 0.717) is 30.0 Å². The van der Waals surface area contributed by atoms with Gasteiger partial charge in [0.2, 0.25) is 5.65 Å². The quantitative estimate of drug-likeness (QED) is 0.406. The van der Waals surface area contributed by atoms with Crippen molar-refractivity contribution in [1.82, 2.24) is 29.4 Å². The second kappa shape index (κ2) is 8.69. The summed E-state index contributed by atoms with van der Waals surface area (Å²) in [4.78, 5) is 34.7. The van der Waals surface area contributed by atoms with Crippen LogP contribution in [-0.4, -0.2) is 62.0 Å². The second-order valence-corrected chi connectivity index (χ2v) is 10.3. The highest BCUT2D eigenvalue weighted by molar-refractivity contribution is 7.13. The van der Waals surface area contributed by atoms with E-state index < -0.39 is 0 Å². The zero-order valence-corrected chi connectivity index (χ0v) is 21.2. The molecule has 1 amide bonds. The Hall–Kier alpha value is -3.82. The Morgan fingerprint density at radius 2 is 1.86 bits per heavy atom. The predicted octanol–water partition coefficient (Wildman–Crippen LogP) is 4.05. The standard InChI is InChI=1S/C27H26N6O2S/c1-16-9-12-36-23(16)24-29-30-25-26(34)28-20-14-19(17(2)13-21(20)33(24)25)27(35)32-11-10-31(3)22(15-32)18-7-5-4-6-8-18/h4-9,12-14,22H,10-11,15H2,1-3H3,(H,28,34). The molecule has 1 N–H and O–H groups in total. The molecule has 3 aromatic heterocycles. The van der Waals surface area contributed by atoms with Gasteiger partial charge >= 0.3 is 0 Å². The van der Waals surface area contributed by atoms with Crippen LogP contribution < -0.4 is 5.56 Å². The van der Waals surface area contributed by atoms with E-state index in [2.05, 4.69) is 39.3 Å². The van der Waals surface area contributed by atoms with Crippen LogP contribution in [0, 0.1) is 13.8 Å². The highest BCUT2D eigenvalue weighted by Gasteiger charge is 2.30. The molecule has 0 radical (unpaired) electrons. The number of likely N-dealkylation sites (N-methyl/N-ethyl adjacent to an activating group) is 1. The maximum absolute atomic E-state index is 13.7. The lowest BCUT2D eigenvalue weighted by Gasteiger charge is -2.40. The van der Waals surface area contributed by atoms with Gasteiger partial charge in [0.05, 0.1) is 22.0 Å². The number of aromatic nitrogens is 4. The van der Waals surface area contributed by atoms with E-state index in [1.165, 1.54) is 5.56 Å². The predicted molar refractivity (Wildman–Crippen MR) is 142 cm³/mol. The molecule has 4 heterocycles. The van der Waals surface area contributed by atoms with Crippen LogP contribution in [0.4, 0.5) is 0 Å². The smallest absolute Gasteiger partial charge is 0.294 e. The molecule has 0 aliphatic carbocycles. The van der Waals surface area contributed by atoms with Crippen LogP contribution in [0.1, 0.15) is 33.1 Å². The summed E-state index contributed by atoms with van der Waals surface area (Å²) < 4.78 is 1.80. The third kappa shape index (κ3) is 3.63. The number of amides is 1. The number of benzene rings is 2. The molecule has 1 unspecified atom stereocenters. The highest BCUT2D eigenvalue weighted by Crippen LogP contribution is 2.30. The molecular formula is C27H26N6O2S. The first-order valence-electron chi connectivity index (χ1n) is 11.9. The molecule has 0 spiro atoms. The van der Waals surface area contributed by atoms with Crippen molar-refractivity contribution in [1.29, 1.82) is 0 Å². The zero-order valence-electron chi connectivity index (χ0n) is 20.4. The van der Waals surface area contributed by atoms with E-state index in [0.717, 1.165) is 28.1 Å². The lowest BCUT2D eigenvalue weighted by molar-refractivity contribution is 0.0545. The van der Waals surface area contributed by atoms with Gasteiger partial charge in [-0.1, -0.05) is 30.3 Å². The summed E-state index contributed by atoms with van der Waals surface area (Å²) in [5.41, 5.74) is 4.99. The van der Waals surface area contributed by atoms with Gasteiger partial charge in [-0.2, -0.15) is 0 Å². The van der Waals surface area contributed by atoms with Gasteiger partial charge in [0, 0.05) is 25.2 Å². The van der Waals surface area contributed by atoms with Crippen molar-refractivity contribution < 1.29 is 4.79 Å². The number of carbonyl (C=O) groups excluding carboxylic acids is 1. The summed E-state index contributed by atoms with van der Waals surface area (Å²) in [5.74, 6) is 0.610. The molecule has 0 bridgehead atoms. The Morgan fingerprint density at radius 1 is 1.06 bits per heavy atom. The SMILES string of the molecule is Cc1cc2c(cc1C(=O)N1CCN(C)C(c3ccccc3)C1)[nH]c(=O)c1nnc(-c3sccc3C)n12. The van der Waals surface area contributed by atoms with Crippen LogP contribution in [0.3, 0.4) is 0 Å². The third-order valence-electron chi connectivity index (χ3n) is 7.11. The van der Waals surface area contributed by atoms with Crippen molar-refractivity contribution in [2.75, 3.05) is 26.7 Å². The minimum atomic E-state index is -0.332. The second-order valence-electron chi connectivity index (χ2n) is 9.41. The number of piperazine rings is 1.